The van der Waals surface area contributed by atoms with Crippen molar-refractivity contribution in [2.75, 3.05) is 13.6 Å². The summed E-state index contributed by atoms with van der Waals surface area (Å²) in [5.41, 5.74) is 6.75. The molecule has 0 fully saturated rings. The van der Waals surface area contributed by atoms with Gasteiger partial charge in [-0.2, -0.15) is 0 Å². The summed E-state index contributed by atoms with van der Waals surface area (Å²) in [5.74, 6) is 0.153. The molecule has 0 aliphatic carbocycles. The molecule has 3 N–H and O–H groups in total. The molecule has 1 aromatic rings. The van der Waals surface area contributed by atoms with Gasteiger partial charge in [0.25, 0.3) is 0 Å². The molecule has 0 spiro atoms. The summed E-state index contributed by atoms with van der Waals surface area (Å²) in [6, 6.07) is 9.88. The topological polar surface area (TPSA) is 55.1 Å². The molecule has 1 amide bonds. The van der Waals surface area contributed by atoms with Crippen LogP contribution < -0.4 is 11.1 Å². The number of benzene rings is 1. The van der Waals surface area contributed by atoms with Gasteiger partial charge in [0.2, 0.25) is 5.91 Å². The molecule has 14 heavy (non-hydrogen) atoms. The van der Waals surface area contributed by atoms with Gasteiger partial charge in [0.15, 0.2) is 0 Å². The highest BCUT2D eigenvalue weighted by Gasteiger charge is 2.12. The van der Waals surface area contributed by atoms with E-state index < -0.39 is 0 Å². The first kappa shape index (κ1) is 10.7. The Balaban J connectivity index is 2.68. The molecule has 1 unspecified atom stereocenters. The van der Waals surface area contributed by atoms with Gasteiger partial charge in [-0.1, -0.05) is 30.3 Å². The Morgan fingerprint density at radius 1 is 1.43 bits per heavy atom. The van der Waals surface area contributed by atoms with Crippen LogP contribution in [0.4, 0.5) is 0 Å². The van der Waals surface area contributed by atoms with Crippen LogP contribution in [0.25, 0.3) is 0 Å². The van der Waals surface area contributed by atoms with Crippen LogP contribution >= 0.6 is 0 Å². The van der Waals surface area contributed by atoms with Crippen LogP contribution in [0.1, 0.15) is 17.9 Å². The molecule has 0 saturated heterocycles. The quantitative estimate of drug-likeness (QED) is 0.743. The van der Waals surface area contributed by atoms with Crippen molar-refractivity contribution in [2.45, 2.75) is 12.3 Å². The fraction of sp³-hybridized carbons (Fsp3) is 0.364. The first-order chi connectivity index (χ1) is 6.77. The summed E-state index contributed by atoms with van der Waals surface area (Å²) in [6.45, 7) is 0.497. The minimum atomic E-state index is 0.0318. The van der Waals surface area contributed by atoms with Crippen LogP contribution in [0.3, 0.4) is 0 Å². The summed E-state index contributed by atoms with van der Waals surface area (Å²) < 4.78 is 0. The second-order valence-corrected chi connectivity index (χ2v) is 3.22. The number of amides is 1. The fourth-order valence-corrected chi connectivity index (χ4v) is 1.39. The van der Waals surface area contributed by atoms with Crippen molar-refractivity contribution >= 4 is 5.91 Å². The van der Waals surface area contributed by atoms with Gasteiger partial charge in [-0.15, -0.1) is 0 Å². The average molecular weight is 192 g/mol. The van der Waals surface area contributed by atoms with Crippen LogP contribution in [0.5, 0.6) is 0 Å². The number of carbonyl (C=O) groups is 1. The van der Waals surface area contributed by atoms with Crippen molar-refractivity contribution in [1.82, 2.24) is 5.32 Å². The molecule has 0 saturated carbocycles. The standard InChI is InChI=1S/C11H16N2O/c1-13-11(14)7-10(8-12)9-5-3-2-4-6-9/h2-6,10H,7-8,12H2,1H3,(H,13,14). The van der Waals surface area contributed by atoms with E-state index in [1.807, 2.05) is 30.3 Å². The minimum Gasteiger partial charge on any atom is -0.359 e. The third-order valence-electron chi connectivity index (χ3n) is 2.27. The summed E-state index contributed by atoms with van der Waals surface area (Å²) in [6.07, 6.45) is 0.455. The highest BCUT2D eigenvalue weighted by atomic mass is 16.1. The lowest BCUT2D eigenvalue weighted by Crippen LogP contribution is -2.24. The minimum absolute atomic E-state index is 0.0318. The number of hydrogen-bond acceptors (Lipinski definition) is 2. The largest absolute Gasteiger partial charge is 0.359 e. The normalized spacial score (nSPS) is 12.1. The zero-order valence-corrected chi connectivity index (χ0v) is 8.36. The third kappa shape index (κ3) is 2.85. The second-order valence-electron chi connectivity index (χ2n) is 3.22. The highest BCUT2D eigenvalue weighted by Crippen LogP contribution is 2.17. The van der Waals surface area contributed by atoms with Gasteiger partial charge in [-0.05, 0) is 12.1 Å². The number of hydrogen-bond donors (Lipinski definition) is 2. The van der Waals surface area contributed by atoms with Crippen LogP contribution in [0, 0.1) is 0 Å². The van der Waals surface area contributed by atoms with Crippen LogP contribution in [-0.2, 0) is 4.79 Å². The predicted molar refractivity (Wildman–Crippen MR) is 56.9 cm³/mol. The van der Waals surface area contributed by atoms with E-state index in [1.54, 1.807) is 7.05 Å². The molecular formula is C11H16N2O. The third-order valence-corrected chi connectivity index (χ3v) is 2.27. The smallest absolute Gasteiger partial charge is 0.220 e. The zero-order valence-electron chi connectivity index (χ0n) is 8.36. The van der Waals surface area contributed by atoms with E-state index in [2.05, 4.69) is 5.32 Å². The van der Waals surface area contributed by atoms with Gasteiger partial charge < -0.3 is 11.1 Å². The number of nitrogens with two attached hydrogens (primary N) is 1. The Morgan fingerprint density at radius 2 is 2.07 bits per heavy atom. The molecule has 1 rings (SSSR count). The molecule has 0 radical (unpaired) electrons. The Hall–Kier alpha value is -1.35. The Bertz CT molecular complexity index is 285. The molecule has 1 aromatic carbocycles. The lowest BCUT2D eigenvalue weighted by Gasteiger charge is -2.13. The summed E-state index contributed by atoms with van der Waals surface area (Å²) in [4.78, 5) is 11.2. The monoisotopic (exact) mass is 192 g/mol. The summed E-state index contributed by atoms with van der Waals surface area (Å²) >= 11 is 0. The van der Waals surface area contributed by atoms with Crippen LogP contribution in [0.15, 0.2) is 30.3 Å². The van der Waals surface area contributed by atoms with E-state index in [4.69, 9.17) is 5.73 Å². The summed E-state index contributed by atoms with van der Waals surface area (Å²) in [7, 11) is 1.64. The van der Waals surface area contributed by atoms with Gasteiger partial charge in [0.1, 0.15) is 0 Å². The molecule has 0 heterocycles. The molecule has 0 aromatic heterocycles. The Morgan fingerprint density at radius 3 is 2.57 bits per heavy atom. The van der Waals surface area contributed by atoms with Gasteiger partial charge in [0, 0.05) is 19.4 Å². The van der Waals surface area contributed by atoms with E-state index in [1.165, 1.54) is 0 Å². The van der Waals surface area contributed by atoms with Gasteiger partial charge in [0.05, 0.1) is 0 Å². The van der Waals surface area contributed by atoms with Crippen molar-refractivity contribution < 1.29 is 4.79 Å². The van der Waals surface area contributed by atoms with E-state index in [-0.39, 0.29) is 11.8 Å². The number of rotatable bonds is 4. The molecule has 0 bridgehead atoms. The maximum Gasteiger partial charge on any atom is 0.220 e. The first-order valence-electron chi connectivity index (χ1n) is 4.73. The second kappa shape index (κ2) is 5.40. The number of nitrogens with one attached hydrogen (secondary N) is 1. The molecular weight excluding hydrogens is 176 g/mol. The maximum atomic E-state index is 11.2. The van der Waals surface area contributed by atoms with Crippen molar-refractivity contribution in [2.24, 2.45) is 5.73 Å². The van der Waals surface area contributed by atoms with E-state index in [0.29, 0.717) is 13.0 Å². The Labute approximate surface area is 84.3 Å². The van der Waals surface area contributed by atoms with Gasteiger partial charge >= 0.3 is 0 Å². The van der Waals surface area contributed by atoms with Gasteiger partial charge in [-0.3, -0.25) is 4.79 Å². The van der Waals surface area contributed by atoms with Crippen LogP contribution in [-0.4, -0.2) is 19.5 Å². The van der Waals surface area contributed by atoms with Gasteiger partial charge in [-0.25, -0.2) is 0 Å². The van der Waals surface area contributed by atoms with Crippen LogP contribution in [0.2, 0.25) is 0 Å². The van der Waals surface area contributed by atoms with E-state index >= 15 is 0 Å². The average Bonchev–Trinajstić information content (AvgIpc) is 2.26. The Kier molecular flexibility index (Phi) is 4.13. The zero-order chi connectivity index (χ0) is 10.4. The molecule has 0 aliphatic rings. The molecule has 3 nitrogen and oxygen atoms in total. The number of carbonyl (C=O) groups excluding carboxylic acids is 1. The molecule has 0 aliphatic heterocycles. The van der Waals surface area contributed by atoms with Crippen molar-refractivity contribution in [3.8, 4) is 0 Å². The predicted octanol–water partition coefficient (Wildman–Crippen LogP) is 0.865. The van der Waals surface area contributed by atoms with E-state index in [0.717, 1.165) is 5.56 Å². The molecule has 76 valence electrons. The molecule has 1 atom stereocenters. The van der Waals surface area contributed by atoms with Crippen molar-refractivity contribution in [3.05, 3.63) is 35.9 Å². The SMILES string of the molecule is CNC(=O)CC(CN)c1ccccc1. The lowest BCUT2D eigenvalue weighted by atomic mass is 9.96. The summed E-state index contributed by atoms with van der Waals surface area (Å²) in [5, 5.41) is 2.61. The maximum absolute atomic E-state index is 11.2. The first-order valence-corrected chi connectivity index (χ1v) is 4.73. The van der Waals surface area contributed by atoms with Crippen molar-refractivity contribution in [1.29, 1.82) is 0 Å². The molecule has 3 heteroatoms. The van der Waals surface area contributed by atoms with Crippen molar-refractivity contribution in [3.63, 3.8) is 0 Å². The fourth-order valence-electron chi connectivity index (χ4n) is 1.39. The lowest BCUT2D eigenvalue weighted by molar-refractivity contribution is -0.120. The van der Waals surface area contributed by atoms with E-state index in [9.17, 15) is 4.79 Å². The highest BCUT2D eigenvalue weighted by molar-refractivity contribution is 5.76.